The topological polar surface area (TPSA) is 17.8 Å². The van der Waals surface area contributed by atoms with Crippen LogP contribution in [-0.4, -0.2) is 9.55 Å². The number of hydrogen-bond acceptors (Lipinski definition) is 1. The van der Waals surface area contributed by atoms with Gasteiger partial charge in [0.2, 0.25) is 0 Å². The third kappa shape index (κ3) is 2.68. The molecule has 3 heteroatoms. The van der Waals surface area contributed by atoms with Crippen molar-refractivity contribution in [2.24, 2.45) is 0 Å². The van der Waals surface area contributed by atoms with E-state index in [0.717, 1.165) is 16.8 Å². The van der Waals surface area contributed by atoms with Gasteiger partial charge in [0.25, 0.3) is 0 Å². The van der Waals surface area contributed by atoms with Crippen molar-refractivity contribution >= 4 is 15.9 Å². The summed E-state index contributed by atoms with van der Waals surface area (Å²) < 4.78 is 3.29. The minimum atomic E-state index is 0.830. The summed E-state index contributed by atoms with van der Waals surface area (Å²) in [6, 6.07) is 16.8. The second-order valence-corrected chi connectivity index (χ2v) is 5.74. The van der Waals surface area contributed by atoms with E-state index in [0.29, 0.717) is 0 Å². The van der Waals surface area contributed by atoms with Crippen molar-refractivity contribution in [3.05, 3.63) is 76.5 Å². The number of aryl methyl sites for hydroxylation is 1. The van der Waals surface area contributed by atoms with E-state index in [-0.39, 0.29) is 0 Å². The summed E-state index contributed by atoms with van der Waals surface area (Å²) in [5.74, 6) is 1.02. The fourth-order valence-corrected chi connectivity index (χ4v) is 2.56. The van der Waals surface area contributed by atoms with Crippen molar-refractivity contribution in [3.8, 4) is 11.4 Å². The third-order valence-corrected chi connectivity index (χ3v) is 3.90. The number of nitrogens with zero attached hydrogens (tertiary/aromatic N) is 2. The summed E-state index contributed by atoms with van der Waals surface area (Å²) in [7, 11) is 0. The van der Waals surface area contributed by atoms with Gasteiger partial charge in [-0.1, -0.05) is 52.3 Å². The molecule has 1 aromatic heterocycles. The van der Waals surface area contributed by atoms with Crippen LogP contribution in [-0.2, 0) is 6.54 Å². The van der Waals surface area contributed by atoms with Crippen LogP contribution < -0.4 is 0 Å². The number of aromatic nitrogens is 2. The molecule has 3 rings (SSSR count). The Morgan fingerprint density at radius 2 is 1.80 bits per heavy atom. The highest BCUT2D eigenvalue weighted by Crippen LogP contribution is 2.22. The Kier molecular flexibility index (Phi) is 3.70. The van der Waals surface area contributed by atoms with Gasteiger partial charge in [-0.3, -0.25) is 0 Å². The van der Waals surface area contributed by atoms with Gasteiger partial charge in [-0.05, 0) is 30.2 Å². The molecule has 0 saturated heterocycles. The molecule has 3 aromatic rings. The lowest BCUT2D eigenvalue weighted by Gasteiger charge is -2.10. The van der Waals surface area contributed by atoms with Gasteiger partial charge in [0.05, 0.1) is 0 Å². The van der Waals surface area contributed by atoms with E-state index >= 15 is 0 Å². The molecule has 0 aliphatic rings. The summed E-state index contributed by atoms with van der Waals surface area (Å²) in [5, 5.41) is 0. The second kappa shape index (κ2) is 5.63. The van der Waals surface area contributed by atoms with Crippen LogP contribution in [0.5, 0.6) is 0 Å². The molecule has 100 valence electrons. The van der Waals surface area contributed by atoms with Crippen LogP contribution in [0.2, 0.25) is 0 Å². The zero-order chi connectivity index (χ0) is 13.9. The zero-order valence-corrected chi connectivity index (χ0v) is 12.8. The summed E-state index contributed by atoms with van der Waals surface area (Å²) in [6.07, 6.45) is 3.89. The second-order valence-electron chi connectivity index (χ2n) is 4.82. The number of rotatable bonds is 3. The zero-order valence-electron chi connectivity index (χ0n) is 11.3. The maximum Gasteiger partial charge on any atom is 0.140 e. The van der Waals surface area contributed by atoms with Gasteiger partial charge in [-0.2, -0.15) is 0 Å². The summed E-state index contributed by atoms with van der Waals surface area (Å²) >= 11 is 3.46. The standard InChI is InChI=1S/C17H15BrN2/c1-13-4-2-3-5-16(13)17-19-10-11-20(17)12-14-6-8-15(18)9-7-14/h2-11H,12H2,1H3. The van der Waals surface area contributed by atoms with E-state index in [4.69, 9.17) is 0 Å². The molecule has 0 saturated carbocycles. The molecule has 0 N–H and O–H groups in total. The monoisotopic (exact) mass is 326 g/mol. The van der Waals surface area contributed by atoms with Gasteiger partial charge < -0.3 is 4.57 Å². The van der Waals surface area contributed by atoms with Crippen LogP contribution in [0.15, 0.2) is 65.4 Å². The Hall–Kier alpha value is -1.87. The molecular weight excluding hydrogens is 312 g/mol. The number of halogens is 1. The van der Waals surface area contributed by atoms with E-state index in [1.54, 1.807) is 0 Å². The molecule has 0 fully saturated rings. The predicted octanol–water partition coefficient (Wildman–Crippen LogP) is 4.67. The number of imidazole rings is 1. The highest BCUT2D eigenvalue weighted by molar-refractivity contribution is 9.10. The molecule has 0 spiro atoms. The summed E-state index contributed by atoms with van der Waals surface area (Å²) in [6.45, 7) is 2.95. The van der Waals surface area contributed by atoms with Crippen LogP contribution in [0.25, 0.3) is 11.4 Å². The van der Waals surface area contributed by atoms with Crippen molar-refractivity contribution in [2.75, 3.05) is 0 Å². The van der Waals surface area contributed by atoms with Crippen LogP contribution in [0.3, 0.4) is 0 Å². The molecule has 20 heavy (non-hydrogen) atoms. The first kappa shape index (κ1) is 13.1. The average molecular weight is 327 g/mol. The highest BCUT2D eigenvalue weighted by Gasteiger charge is 2.08. The third-order valence-electron chi connectivity index (χ3n) is 3.37. The molecule has 0 aliphatic carbocycles. The van der Waals surface area contributed by atoms with E-state index in [1.807, 2.05) is 12.4 Å². The van der Waals surface area contributed by atoms with Crippen LogP contribution >= 0.6 is 15.9 Å². The lowest BCUT2D eigenvalue weighted by Crippen LogP contribution is -2.01. The largest absolute Gasteiger partial charge is 0.327 e. The Balaban J connectivity index is 1.95. The van der Waals surface area contributed by atoms with E-state index in [2.05, 4.69) is 80.9 Å². The first-order valence-electron chi connectivity index (χ1n) is 6.55. The highest BCUT2D eigenvalue weighted by atomic mass is 79.9. The minimum absolute atomic E-state index is 0.830. The normalized spacial score (nSPS) is 10.7. The molecule has 0 atom stereocenters. The van der Waals surface area contributed by atoms with E-state index < -0.39 is 0 Å². The fraction of sp³-hybridized carbons (Fsp3) is 0.118. The van der Waals surface area contributed by atoms with E-state index in [1.165, 1.54) is 16.7 Å². The summed E-state index contributed by atoms with van der Waals surface area (Å²) in [4.78, 5) is 4.51. The van der Waals surface area contributed by atoms with Gasteiger partial charge in [-0.25, -0.2) is 4.98 Å². The first-order valence-corrected chi connectivity index (χ1v) is 7.35. The quantitative estimate of drug-likeness (QED) is 0.683. The van der Waals surface area contributed by atoms with Gasteiger partial charge in [0.1, 0.15) is 5.82 Å². The average Bonchev–Trinajstić information content (AvgIpc) is 2.90. The lowest BCUT2D eigenvalue weighted by atomic mass is 10.1. The van der Waals surface area contributed by atoms with Crippen molar-refractivity contribution in [2.45, 2.75) is 13.5 Å². The van der Waals surface area contributed by atoms with Crippen molar-refractivity contribution in [1.82, 2.24) is 9.55 Å². The van der Waals surface area contributed by atoms with E-state index in [9.17, 15) is 0 Å². The molecule has 0 bridgehead atoms. The van der Waals surface area contributed by atoms with Gasteiger partial charge in [0, 0.05) is 29.0 Å². The molecule has 1 heterocycles. The fourth-order valence-electron chi connectivity index (χ4n) is 2.29. The molecule has 0 unspecified atom stereocenters. The molecule has 0 amide bonds. The summed E-state index contributed by atoms with van der Waals surface area (Å²) in [5.41, 5.74) is 3.70. The van der Waals surface area contributed by atoms with Crippen molar-refractivity contribution < 1.29 is 0 Å². The van der Waals surface area contributed by atoms with Crippen molar-refractivity contribution in [1.29, 1.82) is 0 Å². The number of hydrogen-bond donors (Lipinski definition) is 0. The lowest BCUT2D eigenvalue weighted by molar-refractivity contribution is 0.806. The van der Waals surface area contributed by atoms with Crippen LogP contribution in [0, 0.1) is 6.92 Å². The SMILES string of the molecule is Cc1ccccc1-c1nccn1Cc1ccc(Br)cc1. The molecular formula is C17H15BrN2. The van der Waals surface area contributed by atoms with Crippen molar-refractivity contribution in [3.63, 3.8) is 0 Å². The van der Waals surface area contributed by atoms with Crippen LogP contribution in [0.1, 0.15) is 11.1 Å². The molecule has 0 radical (unpaired) electrons. The number of benzene rings is 2. The molecule has 2 nitrogen and oxygen atoms in total. The maximum atomic E-state index is 4.51. The molecule has 2 aromatic carbocycles. The Bertz CT molecular complexity index is 714. The Labute approximate surface area is 127 Å². The molecule has 0 aliphatic heterocycles. The first-order chi connectivity index (χ1) is 9.74. The Morgan fingerprint density at radius 3 is 2.55 bits per heavy atom. The van der Waals surface area contributed by atoms with Gasteiger partial charge in [0.15, 0.2) is 0 Å². The minimum Gasteiger partial charge on any atom is -0.327 e. The Morgan fingerprint density at radius 1 is 1.05 bits per heavy atom. The van der Waals surface area contributed by atoms with Gasteiger partial charge in [-0.15, -0.1) is 0 Å². The smallest absolute Gasteiger partial charge is 0.140 e. The predicted molar refractivity (Wildman–Crippen MR) is 85.6 cm³/mol. The van der Waals surface area contributed by atoms with Gasteiger partial charge >= 0.3 is 0 Å². The maximum absolute atomic E-state index is 4.51. The van der Waals surface area contributed by atoms with Crippen LogP contribution in [0.4, 0.5) is 0 Å².